The van der Waals surface area contributed by atoms with Crippen LogP contribution in [0.15, 0.2) is 66.7 Å². The van der Waals surface area contributed by atoms with Gasteiger partial charge in [0.2, 0.25) is 5.91 Å². The molecule has 1 saturated heterocycles. The molecule has 6 nitrogen and oxygen atoms in total. The number of anilines is 1. The number of hydrogen-bond acceptors (Lipinski definition) is 4. The number of amides is 1. The minimum absolute atomic E-state index is 0.0664. The number of carbonyl (C=O) groups excluding carboxylic acids is 1. The molecule has 1 aromatic heterocycles. The number of aliphatic hydroxyl groups excluding tert-OH is 1. The second-order valence-corrected chi connectivity index (χ2v) is 9.59. The van der Waals surface area contributed by atoms with Crippen molar-refractivity contribution < 1.29 is 14.6 Å². The molecule has 35 heavy (non-hydrogen) atoms. The van der Waals surface area contributed by atoms with Crippen molar-refractivity contribution in [3.05, 3.63) is 88.7 Å². The van der Waals surface area contributed by atoms with E-state index in [-0.39, 0.29) is 18.4 Å². The van der Waals surface area contributed by atoms with Gasteiger partial charge < -0.3 is 19.3 Å². The Bertz CT molecular complexity index is 1370. The lowest BCUT2D eigenvalue weighted by Gasteiger charge is -2.19. The van der Waals surface area contributed by atoms with Crippen LogP contribution in [0.1, 0.15) is 29.3 Å². The number of aliphatic hydroxyl groups is 1. The zero-order valence-electron chi connectivity index (χ0n) is 19.8. The molecular weight excluding hydrogens is 462 g/mol. The Morgan fingerprint density at radius 3 is 2.66 bits per heavy atom. The molecule has 1 aliphatic heterocycles. The smallest absolute Gasteiger partial charge is 0.227 e. The Morgan fingerprint density at radius 1 is 1.11 bits per heavy atom. The quantitative estimate of drug-likeness (QED) is 0.384. The highest BCUT2D eigenvalue weighted by atomic mass is 35.5. The lowest BCUT2D eigenvalue weighted by Crippen LogP contribution is -2.26. The maximum absolute atomic E-state index is 12.9. The molecule has 4 aromatic rings. The van der Waals surface area contributed by atoms with Crippen molar-refractivity contribution >= 4 is 34.2 Å². The Balaban J connectivity index is 1.37. The molecule has 5 rings (SSSR count). The van der Waals surface area contributed by atoms with E-state index in [2.05, 4.69) is 0 Å². The van der Waals surface area contributed by atoms with Crippen LogP contribution >= 0.6 is 11.6 Å². The Kier molecular flexibility index (Phi) is 6.50. The molecule has 7 heteroatoms. The molecule has 0 aliphatic carbocycles. The summed E-state index contributed by atoms with van der Waals surface area (Å²) in [5, 5.41) is 11.5. The van der Waals surface area contributed by atoms with Gasteiger partial charge in [-0.2, -0.15) is 0 Å². The van der Waals surface area contributed by atoms with Crippen molar-refractivity contribution in [2.75, 3.05) is 18.1 Å². The highest BCUT2D eigenvalue weighted by Crippen LogP contribution is 2.33. The van der Waals surface area contributed by atoms with Crippen LogP contribution in [0.25, 0.3) is 11.0 Å². The number of imidazole rings is 1. The number of carbonyl (C=O) groups is 1. The number of ether oxygens (including phenoxy) is 1. The molecule has 2 atom stereocenters. The molecule has 1 fully saturated rings. The van der Waals surface area contributed by atoms with Gasteiger partial charge in [-0.1, -0.05) is 41.4 Å². The molecule has 0 bridgehead atoms. The predicted octanol–water partition coefficient (Wildman–Crippen LogP) is 5.27. The summed E-state index contributed by atoms with van der Waals surface area (Å²) in [6.45, 7) is 4.95. The van der Waals surface area contributed by atoms with E-state index >= 15 is 0 Å². The fraction of sp³-hybridized carbons (Fsp3) is 0.286. The minimum Gasteiger partial charge on any atom is -0.491 e. The van der Waals surface area contributed by atoms with Crippen LogP contribution in [0.3, 0.4) is 0 Å². The zero-order chi connectivity index (χ0) is 24.5. The first kappa shape index (κ1) is 23.4. The molecule has 3 aromatic carbocycles. The van der Waals surface area contributed by atoms with Crippen LogP contribution in [0, 0.1) is 13.8 Å². The third-order valence-electron chi connectivity index (χ3n) is 6.49. The SMILES string of the molecule is Cc1ccc(N2C[C@H](c3nc4ccccc4n3C[C@@H](O)COc3ccc(Cl)c(C)c3)CC2=O)cc1. The van der Waals surface area contributed by atoms with E-state index in [1.807, 2.05) is 77.9 Å². The maximum Gasteiger partial charge on any atom is 0.227 e. The summed E-state index contributed by atoms with van der Waals surface area (Å²) in [5.74, 6) is 1.50. The van der Waals surface area contributed by atoms with Crippen molar-refractivity contribution in [1.82, 2.24) is 9.55 Å². The van der Waals surface area contributed by atoms with Gasteiger partial charge in [0.25, 0.3) is 0 Å². The van der Waals surface area contributed by atoms with Gasteiger partial charge in [-0.25, -0.2) is 4.98 Å². The number of aromatic nitrogens is 2. The molecule has 0 radical (unpaired) electrons. The lowest BCUT2D eigenvalue weighted by atomic mass is 10.1. The molecule has 2 heterocycles. The molecular formula is C28H28ClN3O3. The molecule has 0 spiro atoms. The van der Waals surface area contributed by atoms with Gasteiger partial charge in [0, 0.05) is 29.6 Å². The number of fused-ring (bicyclic) bond motifs is 1. The Hall–Kier alpha value is -3.35. The molecule has 0 unspecified atom stereocenters. The van der Waals surface area contributed by atoms with Crippen LogP contribution in [-0.2, 0) is 11.3 Å². The number of aryl methyl sites for hydroxylation is 2. The summed E-state index contributed by atoms with van der Waals surface area (Å²) >= 11 is 6.10. The van der Waals surface area contributed by atoms with Crippen LogP contribution in [0.5, 0.6) is 5.75 Å². The first-order valence-corrected chi connectivity index (χ1v) is 12.2. The second-order valence-electron chi connectivity index (χ2n) is 9.19. The van der Waals surface area contributed by atoms with Gasteiger partial charge in [-0.15, -0.1) is 0 Å². The Morgan fingerprint density at radius 2 is 1.89 bits per heavy atom. The van der Waals surface area contributed by atoms with Gasteiger partial charge in [-0.05, 0) is 61.9 Å². The Labute approximate surface area is 209 Å². The van der Waals surface area contributed by atoms with E-state index in [4.69, 9.17) is 21.3 Å². The van der Waals surface area contributed by atoms with Crippen LogP contribution in [0.4, 0.5) is 5.69 Å². The monoisotopic (exact) mass is 489 g/mol. The van der Waals surface area contributed by atoms with E-state index < -0.39 is 6.10 Å². The van der Waals surface area contributed by atoms with Crippen LogP contribution in [0.2, 0.25) is 5.02 Å². The zero-order valence-corrected chi connectivity index (χ0v) is 20.6. The van der Waals surface area contributed by atoms with E-state index in [1.165, 1.54) is 0 Å². The lowest BCUT2D eigenvalue weighted by molar-refractivity contribution is -0.117. The van der Waals surface area contributed by atoms with Gasteiger partial charge in [0.05, 0.1) is 17.6 Å². The highest BCUT2D eigenvalue weighted by Gasteiger charge is 2.35. The molecule has 1 amide bonds. The first-order chi connectivity index (χ1) is 16.9. The molecule has 1 aliphatic rings. The number of rotatable bonds is 7. The number of halogens is 1. The molecule has 180 valence electrons. The van der Waals surface area contributed by atoms with Crippen molar-refractivity contribution in [1.29, 1.82) is 0 Å². The van der Waals surface area contributed by atoms with Crippen molar-refractivity contribution in [3.63, 3.8) is 0 Å². The van der Waals surface area contributed by atoms with Crippen LogP contribution < -0.4 is 9.64 Å². The van der Waals surface area contributed by atoms with Crippen molar-refractivity contribution in [2.24, 2.45) is 0 Å². The summed E-state index contributed by atoms with van der Waals surface area (Å²) < 4.78 is 7.86. The maximum atomic E-state index is 12.9. The highest BCUT2D eigenvalue weighted by molar-refractivity contribution is 6.31. The van der Waals surface area contributed by atoms with Crippen molar-refractivity contribution in [2.45, 2.75) is 38.8 Å². The van der Waals surface area contributed by atoms with E-state index in [1.54, 1.807) is 12.1 Å². The fourth-order valence-electron chi connectivity index (χ4n) is 4.62. The minimum atomic E-state index is -0.757. The summed E-state index contributed by atoms with van der Waals surface area (Å²) in [5.41, 5.74) is 4.77. The molecule has 0 saturated carbocycles. The van der Waals surface area contributed by atoms with E-state index in [0.717, 1.165) is 33.7 Å². The topological polar surface area (TPSA) is 67.6 Å². The summed E-state index contributed by atoms with van der Waals surface area (Å²) in [6.07, 6.45) is -0.374. The van der Waals surface area contributed by atoms with Gasteiger partial charge >= 0.3 is 0 Å². The second kappa shape index (κ2) is 9.72. The summed E-state index contributed by atoms with van der Waals surface area (Å²) in [6, 6.07) is 21.3. The third-order valence-corrected chi connectivity index (χ3v) is 6.91. The predicted molar refractivity (Wildman–Crippen MR) is 138 cm³/mol. The average molecular weight is 490 g/mol. The average Bonchev–Trinajstić information content (AvgIpc) is 3.41. The number of para-hydroxylation sites is 2. The fourth-order valence-corrected chi connectivity index (χ4v) is 4.73. The van der Waals surface area contributed by atoms with Crippen molar-refractivity contribution in [3.8, 4) is 5.75 Å². The number of nitrogens with zero attached hydrogens (tertiary/aromatic N) is 3. The van der Waals surface area contributed by atoms with Gasteiger partial charge in [-0.3, -0.25) is 4.79 Å². The van der Waals surface area contributed by atoms with Crippen LogP contribution in [-0.4, -0.2) is 39.8 Å². The largest absolute Gasteiger partial charge is 0.491 e. The van der Waals surface area contributed by atoms with E-state index in [9.17, 15) is 9.90 Å². The molecule has 1 N–H and O–H groups in total. The van der Waals surface area contributed by atoms with Gasteiger partial charge in [0.1, 0.15) is 24.3 Å². The standard InChI is InChI=1S/C28H28ClN3O3/c1-18-7-9-21(10-8-18)31-15-20(14-27(31)34)28-30-25-5-3-4-6-26(25)32(28)16-22(33)17-35-23-11-12-24(29)19(2)13-23/h3-13,20,22,33H,14-17H2,1-2H3/t20-,22-/m1/s1. The summed E-state index contributed by atoms with van der Waals surface area (Å²) in [4.78, 5) is 19.6. The van der Waals surface area contributed by atoms with Gasteiger partial charge in [0.15, 0.2) is 0 Å². The third kappa shape index (κ3) is 4.90. The number of benzene rings is 3. The number of hydrogen-bond donors (Lipinski definition) is 1. The van der Waals surface area contributed by atoms with E-state index in [0.29, 0.717) is 30.3 Å². The summed E-state index contributed by atoms with van der Waals surface area (Å²) in [7, 11) is 0. The normalized spacial score (nSPS) is 16.7. The first-order valence-electron chi connectivity index (χ1n) is 11.8.